The number of ether oxygens (including phenoxy) is 1. The number of esters is 1. The number of carbonyl (C=O) groups excluding carboxylic acids is 1. The fourth-order valence-corrected chi connectivity index (χ4v) is 3.23. The number of benzene rings is 2. The molecule has 0 aliphatic rings. The summed E-state index contributed by atoms with van der Waals surface area (Å²) in [5.74, 6) is -0.440. The summed E-state index contributed by atoms with van der Waals surface area (Å²) in [5, 5.41) is 2.61. The quantitative estimate of drug-likeness (QED) is 0.533. The van der Waals surface area contributed by atoms with Gasteiger partial charge in [0, 0.05) is 16.2 Å². The maximum Gasteiger partial charge on any atom is 0.348 e. The normalized spacial score (nSPS) is 10.8. The van der Waals surface area contributed by atoms with Crippen molar-refractivity contribution in [2.24, 2.45) is 0 Å². The van der Waals surface area contributed by atoms with Crippen molar-refractivity contribution >= 4 is 38.2 Å². The van der Waals surface area contributed by atoms with Gasteiger partial charge in [0.15, 0.2) is 5.43 Å². The molecule has 0 spiro atoms. The second-order valence-corrected chi connectivity index (χ2v) is 5.44. The van der Waals surface area contributed by atoms with Gasteiger partial charge in [-0.15, -0.1) is 11.3 Å². The van der Waals surface area contributed by atoms with E-state index in [4.69, 9.17) is 4.74 Å². The van der Waals surface area contributed by atoms with Crippen LogP contribution in [0.5, 0.6) is 0 Å². The molecule has 0 unspecified atom stereocenters. The van der Waals surface area contributed by atoms with Gasteiger partial charge in [0.1, 0.15) is 4.88 Å². The van der Waals surface area contributed by atoms with Crippen LogP contribution in [0.3, 0.4) is 0 Å². The van der Waals surface area contributed by atoms with Crippen LogP contribution in [0.1, 0.15) is 16.6 Å². The molecule has 0 saturated carbocycles. The van der Waals surface area contributed by atoms with Crippen LogP contribution >= 0.6 is 11.3 Å². The largest absolute Gasteiger partial charge is 0.462 e. The Morgan fingerprint density at radius 1 is 1.20 bits per heavy atom. The van der Waals surface area contributed by atoms with Crippen LogP contribution in [0, 0.1) is 0 Å². The monoisotopic (exact) mass is 284 g/mol. The molecule has 0 aliphatic heterocycles. The minimum atomic E-state index is -0.440. The average molecular weight is 284 g/mol. The first kappa shape index (κ1) is 12.8. The van der Waals surface area contributed by atoms with Crippen LogP contribution in [0.4, 0.5) is 0 Å². The number of carbonyl (C=O) groups is 1. The van der Waals surface area contributed by atoms with Crippen molar-refractivity contribution in [3.05, 3.63) is 57.6 Å². The Bertz CT molecular complexity index is 864. The molecule has 0 saturated heterocycles. The molecule has 0 N–H and O–H groups in total. The summed E-state index contributed by atoms with van der Waals surface area (Å²) in [6, 6.07) is 13.0. The lowest BCUT2D eigenvalue weighted by molar-refractivity contribution is 0.0532. The van der Waals surface area contributed by atoms with E-state index in [0.29, 0.717) is 16.9 Å². The second kappa shape index (κ2) is 5.06. The molecule has 4 heteroatoms. The number of rotatable bonds is 2. The predicted octanol–water partition coefficient (Wildman–Crippen LogP) is 3.59. The van der Waals surface area contributed by atoms with Crippen LogP contribution < -0.4 is 5.43 Å². The SMILES string of the molecule is CCOC(=O)c1cc(=O)c2c(ccc3ccccc32)s1. The fourth-order valence-electron chi connectivity index (χ4n) is 2.23. The Hall–Kier alpha value is -2.20. The van der Waals surface area contributed by atoms with Crippen molar-refractivity contribution < 1.29 is 9.53 Å². The molecular weight excluding hydrogens is 272 g/mol. The van der Waals surface area contributed by atoms with E-state index in [2.05, 4.69) is 0 Å². The van der Waals surface area contributed by atoms with Gasteiger partial charge in [-0.3, -0.25) is 4.79 Å². The van der Waals surface area contributed by atoms with E-state index in [1.165, 1.54) is 17.4 Å². The highest BCUT2D eigenvalue weighted by Crippen LogP contribution is 2.27. The van der Waals surface area contributed by atoms with E-state index in [0.717, 1.165) is 15.5 Å². The molecule has 0 radical (unpaired) electrons. The topological polar surface area (TPSA) is 43.4 Å². The van der Waals surface area contributed by atoms with Crippen LogP contribution in [-0.4, -0.2) is 12.6 Å². The van der Waals surface area contributed by atoms with E-state index in [1.807, 2.05) is 36.4 Å². The summed E-state index contributed by atoms with van der Waals surface area (Å²) in [5.41, 5.74) is -0.140. The van der Waals surface area contributed by atoms with E-state index in [-0.39, 0.29) is 5.43 Å². The maximum atomic E-state index is 12.3. The molecule has 0 atom stereocenters. The first-order chi connectivity index (χ1) is 9.70. The van der Waals surface area contributed by atoms with Crippen molar-refractivity contribution in [3.8, 4) is 0 Å². The van der Waals surface area contributed by atoms with Crippen LogP contribution in [-0.2, 0) is 4.74 Å². The highest BCUT2D eigenvalue weighted by atomic mass is 32.1. The highest BCUT2D eigenvalue weighted by Gasteiger charge is 2.12. The Morgan fingerprint density at radius 3 is 2.80 bits per heavy atom. The first-order valence-electron chi connectivity index (χ1n) is 6.33. The number of hydrogen-bond donors (Lipinski definition) is 0. The van der Waals surface area contributed by atoms with E-state index in [9.17, 15) is 9.59 Å². The molecule has 0 aliphatic carbocycles. The summed E-state index contributed by atoms with van der Waals surface area (Å²) < 4.78 is 5.76. The number of fused-ring (bicyclic) bond motifs is 3. The summed E-state index contributed by atoms with van der Waals surface area (Å²) >= 11 is 1.29. The van der Waals surface area contributed by atoms with E-state index < -0.39 is 5.97 Å². The standard InChI is InChI=1S/C16H12O3S/c1-2-19-16(18)14-9-12(17)15-11-6-4-3-5-10(11)7-8-13(15)20-14/h3-9H,2H2,1H3. The van der Waals surface area contributed by atoms with Gasteiger partial charge < -0.3 is 4.74 Å². The zero-order valence-corrected chi connectivity index (χ0v) is 11.7. The lowest BCUT2D eigenvalue weighted by Crippen LogP contribution is -2.08. The molecule has 3 nitrogen and oxygen atoms in total. The summed E-state index contributed by atoms with van der Waals surface area (Å²) in [7, 11) is 0. The van der Waals surface area contributed by atoms with Crippen LogP contribution in [0.25, 0.3) is 20.9 Å². The van der Waals surface area contributed by atoms with Crippen molar-refractivity contribution in [1.29, 1.82) is 0 Å². The van der Waals surface area contributed by atoms with E-state index in [1.54, 1.807) is 6.92 Å². The molecule has 0 fully saturated rings. The molecule has 2 aromatic carbocycles. The lowest BCUT2D eigenvalue weighted by Gasteiger charge is -2.05. The van der Waals surface area contributed by atoms with Gasteiger partial charge in [-0.2, -0.15) is 0 Å². The first-order valence-corrected chi connectivity index (χ1v) is 7.15. The van der Waals surface area contributed by atoms with Crippen molar-refractivity contribution in [2.75, 3.05) is 6.61 Å². The smallest absolute Gasteiger partial charge is 0.348 e. The summed E-state index contributed by atoms with van der Waals surface area (Å²) in [4.78, 5) is 24.4. The van der Waals surface area contributed by atoms with Crippen LogP contribution in [0.2, 0.25) is 0 Å². The third-order valence-electron chi connectivity index (χ3n) is 3.10. The van der Waals surface area contributed by atoms with Crippen molar-refractivity contribution in [3.63, 3.8) is 0 Å². The van der Waals surface area contributed by atoms with Crippen molar-refractivity contribution in [2.45, 2.75) is 6.92 Å². The highest BCUT2D eigenvalue weighted by molar-refractivity contribution is 7.20. The summed E-state index contributed by atoms with van der Waals surface area (Å²) in [6.07, 6.45) is 0. The number of hydrogen-bond acceptors (Lipinski definition) is 4. The van der Waals surface area contributed by atoms with Gasteiger partial charge in [-0.1, -0.05) is 30.3 Å². The van der Waals surface area contributed by atoms with Gasteiger partial charge in [0.25, 0.3) is 0 Å². The fraction of sp³-hybridized carbons (Fsp3) is 0.125. The van der Waals surface area contributed by atoms with Crippen LogP contribution in [0.15, 0.2) is 47.3 Å². The molecule has 1 heterocycles. The Labute approximate surface area is 119 Å². The molecule has 3 rings (SSSR count). The Morgan fingerprint density at radius 2 is 2.00 bits per heavy atom. The Balaban J connectivity index is 2.32. The zero-order chi connectivity index (χ0) is 14.1. The third-order valence-corrected chi connectivity index (χ3v) is 4.16. The molecule has 0 amide bonds. The van der Waals surface area contributed by atoms with Crippen molar-refractivity contribution in [1.82, 2.24) is 0 Å². The van der Waals surface area contributed by atoms with Gasteiger partial charge in [0.2, 0.25) is 0 Å². The molecule has 20 heavy (non-hydrogen) atoms. The summed E-state index contributed by atoms with van der Waals surface area (Å²) in [6.45, 7) is 2.05. The van der Waals surface area contributed by atoms with Gasteiger partial charge in [-0.25, -0.2) is 4.79 Å². The van der Waals surface area contributed by atoms with Gasteiger partial charge in [-0.05, 0) is 23.8 Å². The zero-order valence-electron chi connectivity index (χ0n) is 10.9. The Kier molecular flexibility index (Phi) is 3.24. The maximum absolute atomic E-state index is 12.3. The lowest BCUT2D eigenvalue weighted by atomic mass is 10.1. The van der Waals surface area contributed by atoms with Gasteiger partial charge >= 0.3 is 5.97 Å². The molecular formula is C16H12O3S. The third kappa shape index (κ3) is 2.08. The minimum Gasteiger partial charge on any atom is -0.462 e. The predicted molar refractivity (Wildman–Crippen MR) is 81.6 cm³/mol. The van der Waals surface area contributed by atoms with E-state index >= 15 is 0 Å². The minimum absolute atomic E-state index is 0.140. The molecule has 0 bridgehead atoms. The second-order valence-electron chi connectivity index (χ2n) is 4.36. The van der Waals surface area contributed by atoms with Gasteiger partial charge in [0.05, 0.1) is 6.61 Å². The average Bonchev–Trinajstić information content (AvgIpc) is 2.46. The molecule has 3 aromatic rings. The molecule has 1 aromatic heterocycles. The molecule has 100 valence electrons.